The lowest BCUT2D eigenvalue weighted by atomic mass is 10.2. The predicted octanol–water partition coefficient (Wildman–Crippen LogP) is 1.58. The Morgan fingerprint density at radius 3 is 2.47 bits per heavy atom. The maximum Gasteiger partial charge on any atom is 0.338 e. The van der Waals surface area contributed by atoms with Gasteiger partial charge in [0.25, 0.3) is 0 Å². The maximum atomic E-state index is 11.5. The summed E-state index contributed by atoms with van der Waals surface area (Å²) in [5.74, 6) is -0.424. The first-order valence-electron chi connectivity index (χ1n) is 4.58. The summed E-state index contributed by atoms with van der Waals surface area (Å²) < 4.78 is 4.94. The van der Waals surface area contributed by atoms with Gasteiger partial charge in [0.05, 0.1) is 5.56 Å². The van der Waals surface area contributed by atoms with Gasteiger partial charge in [0.15, 0.2) is 0 Å². The lowest BCUT2D eigenvalue weighted by Crippen LogP contribution is -2.06. The zero-order valence-electron chi connectivity index (χ0n) is 8.57. The van der Waals surface area contributed by atoms with Gasteiger partial charge in [-0.2, -0.15) is 0 Å². The second kappa shape index (κ2) is 5.05. The molecule has 15 heavy (non-hydrogen) atoms. The van der Waals surface area contributed by atoms with Gasteiger partial charge in [-0.1, -0.05) is 12.2 Å². The van der Waals surface area contributed by atoms with Gasteiger partial charge in [-0.25, -0.2) is 4.79 Å². The number of carbonyl (C=O) groups excluding carboxylic acids is 1. The zero-order valence-corrected chi connectivity index (χ0v) is 8.57. The summed E-state index contributed by atoms with van der Waals surface area (Å²) >= 11 is 0. The Labute approximate surface area is 88.5 Å². The normalized spacial score (nSPS) is 10.5. The first-order valence-corrected chi connectivity index (χ1v) is 4.58. The highest BCUT2D eigenvalue weighted by Crippen LogP contribution is 2.14. The van der Waals surface area contributed by atoms with Crippen LogP contribution in [0, 0.1) is 0 Å². The molecule has 0 radical (unpaired) electrons. The molecule has 0 saturated heterocycles. The van der Waals surface area contributed by atoms with E-state index in [1.165, 1.54) is 12.1 Å². The van der Waals surface area contributed by atoms with E-state index < -0.39 is 5.97 Å². The van der Waals surface area contributed by atoms with Crippen molar-refractivity contribution >= 4 is 17.3 Å². The largest absolute Gasteiger partial charge is 0.458 e. The minimum atomic E-state index is -0.424. The van der Waals surface area contributed by atoms with Crippen LogP contribution in [-0.2, 0) is 4.74 Å². The molecular formula is C11H14N2O2. The summed E-state index contributed by atoms with van der Waals surface area (Å²) in [7, 11) is 0. The molecule has 0 atom stereocenters. The highest BCUT2D eigenvalue weighted by Gasteiger charge is 2.07. The molecule has 0 unspecified atom stereocenters. The molecule has 0 spiro atoms. The Bertz CT molecular complexity index is 366. The number of anilines is 2. The highest BCUT2D eigenvalue weighted by molar-refractivity contribution is 5.91. The summed E-state index contributed by atoms with van der Waals surface area (Å²) in [6, 6.07) is 4.66. The summed E-state index contributed by atoms with van der Waals surface area (Å²) in [5, 5.41) is 0. The fourth-order valence-electron chi connectivity index (χ4n) is 1.10. The number of benzene rings is 1. The molecule has 0 aliphatic carbocycles. The second-order valence-electron chi connectivity index (χ2n) is 3.06. The lowest BCUT2D eigenvalue weighted by molar-refractivity contribution is 0.0549. The van der Waals surface area contributed by atoms with Crippen LogP contribution in [0.15, 0.2) is 30.4 Å². The van der Waals surface area contributed by atoms with Gasteiger partial charge in [0.1, 0.15) is 6.61 Å². The molecule has 0 bridgehead atoms. The van der Waals surface area contributed by atoms with E-state index in [0.29, 0.717) is 16.9 Å². The molecule has 0 aromatic heterocycles. The Hall–Kier alpha value is -1.97. The van der Waals surface area contributed by atoms with Crippen LogP contribution in [0.1, 0.15) is 17.3 Å². The molecule has 0 heterocycles. The monoisotopic (exact) mass is 206 g/mol. The smallest absolute Gasteiger partial charge is 0.338 e. The van der Waals surface area contributed by atoms with Crippen molar-refractivity contribution in [3.8, 4) is 0 Å². The quantitative estimate of drug-likeness (QED) is 0.447. The maximum absolute atomic E-state index is 11.5. The van der Waals surface area contributed by atoms with Crippen molar-refractivity contribution in [2.45, 2.75) is 6.92 Å². The van der Waals surface area contributed by atoms with Gasteiger partial charge in [0, 0.05) is 11.4 Å². The minimum absolute atomic E-state index is 0.254. The van der Waals surface area contributed by atoms with Gasteiger partial charge in [-0.15, -0.1) is 0 Å². The van der Waals surface area contributed by atoms with Crippen LogP contribution in [0.4, 0.5) is 11.4 Å². The number of hydrogen-bond donors (Lipinski definition) is 2. The molecule has 1 aromatic rings. The number of allylic oxidation sites excluding steroid dienone is 1. The third-order valence-electron chi connectivity index (χ3n) is 1.76. The van der Waals surface area contributed by atoms with Gasteiger partial charge >= 0.3 is 5.97 Å². The molecule has 0 fully saturated rings. The Morgan fingerprint density at radius 2 is 1.93 bits per heavy atom. The number of carbonyl (C=O) groups is 1. The van der Waals surface area contributed by atoms with Crippen molar-refractivity contribution in [2.24, 2.45) is 0 Å². The van der Waals surface area contributed by atoms with Gasteiger partial charge < -0.3 is 16.2 Å². The third kappa shape index (κ3) is 3.34. The first kappa shape index (κ1) is 11.1. The van der Waals surface area contributed by atoms with Crippen molar-refractivity contribution in [3.63, 3.8) is 0 Å². The van der Waals surface area contributed by atoms with Crippen molar-refractivity contribution in [1.29, 1.82) is 0 Å². The number of nitrogen functional groups attached to an aromatic ring is 2. The molecule has 4 nitrogen and oxygen atoms in total. The average molecular weight is 206 g/mol. The fraction of sp³-hybridized carbons (Fsp3) is 0.182. The summed E-state index contributed by atoms with van der Waals surface area (Å²) in [6.07, 6.45) is 3.55. The van der Waals surface area contributed by atoms with Crippen LogP contribution in [0.3, 0.4) is 0 Å². The van der Waals surface area contributed by atoms with E-state index in [-0.39, 0.29) is 6.61 Å². The lowest BCUT2D eigenvalue weighted by Gasteiger charge is -2.04. The van der Waals surface area contributed by atoms with Crippen LogP contribution in [-0.4, -0.2) is 12.6 Å². The number of rotatable bonds is 3. The number of esters is 1. The summed E-state index contributed by atoms with van der Waals surface area (Å²) in [4.78, 5) is 11.5. The molecule has 1 aromatic carbocycles. The molecule has 0 aliphatic rings. The van der Waals surface area contributed by atoms with Crippen molar-refractivity contribution in [3.05, 3.63) is 35.9 Å². The number of nitrogens with two attached hydrogens (primary N) is 2. The van der Waals surface area contributed by atoms with Gasteiger partial charge in [0.2, 0.25) is 0 Å². The van der Waals surface area contributed by atoms with E-state index in [9.17, 15) is 4.79 Å². The number of hydrogen-bond acceptors (Lipinski definition) is 4. The molecule has 0 amide bonds. The van der Waals surface area contributed by atoms with Crippen LogP contribution < -0.4 is 11.5 Å². The van der Waals surface area contributed by atoms with Crippen LogP contribution >= 0.6 is 0 Å². The minimum Gasteiger partial charge on any atom is -0.458 e. The standard InChI is InChI=1S/C11H14N2O2/c1-2-3-4-15-11(14)8-5-9(12)7-10(13)6-8/h2-3,5-7H,4,12-13H2,1H3/b3-2-. The van der Waals surface area contributed by atoms with Crippen LogP contribution in [0.5, 0.6) is 0 Å². The van der Waals surface area contributed by atoms with Gasteiger partial charge in [-0.05, 0) is 25.1 Å². The molecule has 0 aliphatic heterocycles. The van der Waals surface area contributed by atoms with E-state index in [1.54, 1.807) is 18.2 Å². The van der Waals surface area contributed by atoms with E-state index in [1.807, 2.05) is 6.92 Å². The Kier molecular flexibility index (Phi) is 3.74. The first-order chi connectivity index (χ1) is 7.13. The van der Waals surface area contributed by atoms with E-state index >= 15 is 0 Å². The molecule has 4 heteroatoms. The van der Waals surface area contributed by atoms with Crippen molar-refractivity contribution in [1.82, 2.24) is 0 Å². The van der Waals surface area contributed by atoms with Gasteiger partial charge in [-0.3, -0.25) is 0 Å². The summed E-state index contributed by atoms with van der Waals surface area (Å²) in [6.45, 7) is 2.11. The van der Waals surface area contributed by atoms with Crippen LogP contribution in [0.25, 0.3) is 0 Å². The molecule has 0 saturated carbocycles. The fourth-order valence-corrected chi connectivity index (χ4v) is 1.10. The molecule has 1 rings (SSSR count). The van der Waals surface area contributed by atoms with E-state index in [0.717, 1.165) is 0 Å². The topological polar surface area (TPSA) is 78.3 Å². The highest BCUT2D eigenvalue weighted by atomic mass is 16.5. The SMILES string of the molecule is C/C=C\COC(=O)c1cc(N)cc(N)c1. The number of ether oxygens (including phenoxy) is 1. The summed E-state index contributed by atoms with van der Waals surface area (Å²) in [5.41, 5.74) is 12.4. The average Bonchev–Trinajstić information content (AvgIpc) is 2.16. The molecule has 80 valence electrons. The molecular weight excluding hydrogens is 192 g/mol. The van der Waals surface area contributed by atoms with E-state index in [2.05, 4.69) is 0 Å². The Morgan fingerprint density at radius 1 is 1.33 bits per heavy atom. The van der Waals surface area contributed by atoms with E-state index in [4.69, 9.17) is 16.2 Å². The predicted molar refractivity (Wildman–Crippen MR) is 60.4 cm³/mol. The molecule has 4 N–H and O–H groups in total. The van der Waals surface area contributed by atoms with Crippen molar-refractivity contribution in [2.75, 3.05) is 18.1 Å². The Balaban J connectivity index is 2.73. The van der Waals surface area contributed by atoms with Crippen LogP contribution in [0.2, 0.25) is 0 Å². The second-order valence-corrected chi connectivity index (χ2v) is 3.06. The van der Waals surface area contributed by atoms with Crippen molar-refractivity contribution < 1.29 is 9.53 Å². The third-order valence-corrected chi connectivity index (χ3v) is 1.76. The zero-order chi connectivity index (χ0) is 11.3.